The number of rotatable bonds is 4. The van der Waals surface area contributed by atoms with Crippen LogP contribution in [0, 0.1) is 6.92 Å². The average Bonchev–Trinajstić information content (AvgIpc) is 3.00. The first-order valence-electron chi connectivity index (χ1n) is 9.56. The lowest BCUT2D eigenvalue weighted by Crippen LogP contribution is -2.32. The van der Waals surface area contributed by atoms with Gasteiger partial charge >= 0.3 is 0 Å². The van der Waals surface area contributed by atoms with Gasteiger partial charge in [-0.15, -0.1) is 10.9 Å². The fourth-order valence-electron chi connectivity index (χ4n) is 3.57. The summed E-state index contributed by atoms with van der Waals surface area (Å²) >= 11 is 0. The molecule has 3 aromatic carbocycles. The highest BCUT2D eigenvalue weighted by molar-refractivity contribution is 6.50. The van der Waals surface area contributed by atoms with Crippen LogP contribution in [0.4, 0.5) is 0 Å². The number of ether oxygens (including phenoxy) is 1. The summed E-state index contributed by atoms with van der Waals surface area (Å²) in [5, 5.41) is 0. The Morgan fingerprint density at radius 1 is 0.931 bits per heavy atom. The number of fused-ring (bicyclic) bond motifs is 1. The molecule has 6 radical (unpaired) electrons. The molecule has 0 heterocycles. The van der Waals surface area contributed by atoms with Gasteiger partial charge in [-0.3, -0.25) is 0 Å². The van der Waals surface area contributed by atoms with Crippen LogP contribution in [-0.2, 0) is 13.0 Å². The topological polar surface area (TPSA) is 9.23 Å². The Hall–Kier alpha value is -2.87. The van der Waals surface area contributed by atoms with Crippen molar-refractivity contribution in [1.82, 2.24) is 0 Å². The van der Waals surface area contributed by atoms with Crippen LogP contribution in [0.25, 0.3) is 11.6 Å². The molecule has 0 saturated carbocycles. The second-order valence-corrected chi connectivity index (χ2v) is 7.52. The second-order valence-electron chi connectivity index (χ2n) is 7.52. The normalized spacial score (nSPS) is 14.2. The summed E-state index contributed by atoms with van der Waals surface area (Å²) < 4.78 is 5.97. The van der Waals surface area contributed by atoms with E-state index in [4.69, 9.17) is 28.3 Å². The van der Waals surface area contributed by atoms with Gasteiger partial charge < -0.3 is 4.74 Å². The minimum Gasteiger partial charge on any atom is -0.489 e. The molecule has 0 saturated heterocycles. The van der Waals surface area contributed by atoms with Crippen molar-refractivity contribution in [1.29, 1.82) is 0 Å². The van der Waals surface area contributed by atoms with E-state index in [9.17, 15) is 0 Å². The Labute approximate surface area is 176 Å². The quantitative estimate of drug-likeness (QED) is 0.644. The molecule has 0 bridgehead atoms. The van der Waals surface area contributed by atoms with Crippen LogP contribution < -0.4 is 21.1 Å². The van der Waals surface area contributed by atoms with Crippen molar-refractivity contribution in [3.05, 3.63) is 94.6 Å². The molecule has 0 fully saturated rings. The lowest BCUT2D eigenvalue weighted by atomic mass is 9.75. The fourth-order valence-corrected chi connectivity index (χ4v) is 3.57. The number of allylic oxidation sites excluding steroid dienone is 2. The summed E-state index contributed by atoms with van der Waals surface area (Å²) in [6.07, 6.45) is 3.05. The van der Waals surface area contributed by atoms with E-state index in [1.807, 2.05) is 6.07 Å². The summed E-state index contributed by atoms with van der Waals surface area (Å²) in [4.78, 5) is 0. The third-order valence-corrected chi connectivity index (χ3v) is 5.33. The van der Waals surface area contributed by atoms with E-state index in [2.05, 4.69) is 56.0 Å². The molecule has 4 heteroatoms. The van der Waals surface area contributed by atoms with E-state index in [1.54, 1.807) is 12.1 Å². The summed E-state index contributed by atoms with van der Waals surface area (Å²) in [6.45, 7) is 6.72. The summed E-state index contributed by atoms with van der Waals surface area (Å²) in [6, 6.07) is 18.1. The maximum atomic E-state index is 6.03. The molecule has 1 nitrogen and oxygen atoms in total. The zero-order chi connectivity index (χ0) is 20.5. The lowest BCUT2D eigenvalue weighted by Gasteiger charge is -2.13. The van der Waals surface area contributed by atoms with E-state index < -0.39 is 0 Å². The Kier molecular flexibility index (Phi) is 5.28. The van der Waals surface area contributed by atoms with Crippen LogP contribution in [0.1, 0.15) is 27.8 Å². The highest BCUT2D eigenvalue weighted by atomic mass is 16.5. The van der Waals surface area contributed by atoms with Gasteiger partial charge in [-0.25, -0.2) is 0 Å². The van der Waals surface area contributed by atoms with E-state index >= 15 is 0 Å². The molecule has 0 aliphatic heterocycles. The maximum Gasteiger partial charge on any atom is 0.120 e. The number of benzene rings is 3. The first kappa shape index (κ1) is 19.5. The molecule has 0 spiro atoms. The summed E-state index contributed by atoms with van der Waals surface area (Å²) in [7, 11) is 17.7. The molecule has 4 rings (SSSR count). The molecule has 3 aromatic rings. The minimum atomic E-state index is 0.335. The van der Waals surface area contributed by atoms with Crippen molar-refractivity contribution in [3.63, 3.8) is 0 Å². The number of hydrogen-bond donors (Lipinski definition) is 0. The van der Waals surface area contributed by atoms with Crippen LogP contribution in [0.5, 0.6) is 5.75 Å². The van der Waals surface area contributed by atoms with Gasteiger partial charge in [0, 0.05) is 0 Å². The Balaban J connectivity index is 1.52. The van der Waals surface area contributed by atoms with Gasteiger partial charge in [-0.2, -0.15) is 0 Å². The predicted octanol–water partition coefficient (Wildman–Crippen LogP) is 2.61. The van der Waals surface area contributed by atoms with Crippen molar-refractivity contribution in [2.45, 2.75) is 20.0 Å². The molecule has 0 aromatic heterocycles. The molecule has 0 amide bonds. The minimum absolute atomic E-state index is 0.335. The largest absolute Gasteiger partial charge is 0.489 e. The van der Waals surface area contributed by atoms with Crippen molar-refractivity contribution in [3.8, 4) is 5.75 Å². The van der Waals surface area contributed by atoms with Gasteiger partial charge in [0.05, 0.1) is 0 Å². The van der Waals surface area contributed by atoms with Gasteiger partial charge in [-0.1, -0.05) is 66.1 Å². The van der Waals surface area contributed by atoms with Crippen molar-refractivity contribution >= 4 is 51.6 Å². The fraction of sp³-hybridized carbons (Fsp3) is 0.120. The summed E-state index contributed by atoms with van der Waals surface area (Å²) in [5.74, 6) is 0.794. The van der Waals surface area contributed by atoms with Crippen molar-refractivity contribution in [2.24, 2.45) is 0 Å². The number of hydrogen-bond acceptors (Lipinski definition) is 1. The van der Waals surface area contributed by atoms with Crippen LogP contribution in [0.2, 0.25) is 0 Å². The highest BCUT2D eigenvalue weighted by Gasteiger charge is 2.20. The molecule has 0 atom stereocenters. The maximum absolute atomic E-state index is 6.03. The zero-order valence-corrected chi connectivity index (χ0v) is 16.5. The third kappa shape index (κ3) is 4.12. The van der Waals surface area contributed by atoms with Gasteiger partial charge in [0.25, 0.3) is 0 Å². The monoisotopic (exact) mass is 368 g/mol. The van der Waals surface area contributed by atoms with Crippen LogP contribution in [-0.4, -0.2) is 23.5 Å². The van der Waals surface area contributed by atoms with Gasteiger partial charge in [0.15, 0.2) is 0 Å². The van der Waals surface area contributed by atoms with E-state index in [0.29, 0.717) is 23.0 Å². The molecule has 0 N–H and O–H groups in total. The van der Waals surface area contributed by atoms with Crippen LogP contribution in [0.15, 0.2) is 66.7 Å². The summed E-state index contributed by atoms with van der Waals surface area (Å²) in [5.41, 5.74) is 9.53. The predicted molar refractivity (Wildman–Crippen MR) is 125 cm³/mol. The highest BCUT2D eigenvalue weighted by Crippen LogP contribution is 2.38. The van der Waals surface area contributed by atoms with E-state index in [1.165, 1.54) is 27.8 Å². The standard InChI is InChI=1S/C25H19B3O/c1-15-3-5-17(6-4-15)9-18-10-19-11-21(7-8-22(19)16(18)2)29-14-20-12-24(27)25(28)13-23(20)26/h3-9,11-13H,2,10,14H2,1H3/b18-9+. The Morgan fingerprint density at radius 3 is 2.41 bits per heavy atom. The van der Waals surface area contributed by atoms with Gasteiger partial charge in [-0.05, 0) is 58.9 Å². The third-order valence-electron chi connectivity index (χ3n) is 5.33. The molecular formula is C25H19B3O. The first-order chi connectivity index (χ1) is 13.9. The van der Waals surface area contributed by atoms with Crippen molar-refractivity contribution in [2.75, 3.05) is 0 Å². The van der Waals surface area contributed by atoms with Crippen LogP contribution >= 0.6 is 0 Å². The molecule has 1 aliphatic carbocycles. The molecular weight excluding hydrogens is 349 g/mol. The zero-order valence-electron chi connectivity index (χ0n) is 16.5. The number of aryl methyl sites for hydroxylation is 1. The Bertz CT molecular complexity index is 1130. The van der Waals surface area contributed by atoms with E-state index in [0.717, 1.165) is 23.3 Å². The lowest BCUT2D eigenvalue weighted by molar-refractivity contribution is 0.307. The SMILES string of the molecule is [B]c1cc([B])c(COc2ccc3c(c2)C/C(=C\c2ccc(C)cc2)C3=C)cc1[B]. The Morgan fingerprint density at radius 2 is 1.66 bits per heavy atom. The smallest absolute Gasteiger partial charge is 0.120 e. The van der Waals surface area contributed by atoms with Gasteiger partial charge in [0.2, 0.25) is 0 Å². The average molecular weight is 368 g/mol. The molecule has 134 valence electrons. The molecule has 1 aliphatic rings. The first-order valence-corrected chi connectivity index (χ1v) is 9.56. The van der Waals surface area contributed by atoms with E-state index in [-0.39, 0.29) is 0 Å². The second kappa shape index (κ2) is 7.87. The van der Waals surface area contributed by atoms with Crippen molar-refractivity contribution < 1.29 is 4.74 Å². The molecule has 29 heavy (non-hydrogen) atoms. The van der Waals surface area contributed by atoms with Crippen LogP contribution in [0.3, 0.4) is 0 Å². The molecule has 0 unspecified atom stereocenters. The van der Waals surface area contributed by atoms with Gasteiger partial charge in [0.1, 0.15) is 35.9 Å².